The molecule has 0 spiro atoms. The standard InChI is InChI=1S/C17H33N3/c1-2-11-20(12-3-1)17-7-14-19(15-8-17)13-6-16-4-9-18-10-5-16/h16-18H,1-15H2. The maximum Gasteiger partial charge on any atom is 0.0120 e. The lowest BCUT2D eigenvalue weighted by molar-refractivity contribution is 0.0891. The molecule has 0 bridgehead atoms. The molecule has 0 aromatic rings. The van der Waals surface area contributed by atoms with Crippen molar-refractivity contribution in [2.75, 3.05) is 45.8 Å². The Morgan fingerprint density at radius 3 is 2.20 bits per heavy atom. The fourth-order valence-corrected chi connectivity index (χ4v) is 4.33. The third kappa shape index (κ3) is 4.19. The van der Waals surface area contributed by atoms with Crippen LogP contribution in [0.25, 0.3) is 0 Å². The maximum absolute atomic E-state index is 3.48. The van der Waals surface area contributed by atoms with Crippen LogP contribution in [0, 0.1) is 5.92 Å². The topological polar surface area (TPSA) is 18.5 Å². The molecule has 3 aliphatic rings. The number of piperidine rings is 3. The van der Waals surface area contributed by atoms with Crippen molar-refractivity contribution < 1.29 is 0 Å². The van der Waals surface area contributed by atoms with Gasteiger partial charge < -0.3 is 15.1 Å². The van der Waals surface area contributed by atoms with Crippen LogP contribution in [0.3, 0.4) is 0 Å². The highest BCUT2D eigenvalue weighted by Gasteiger charge is 2.25. The highest BCUT2D eigenvalue weighted by atomic mass is 15.2. The quantitative estimate of drug-likeness (QED) is 0.852. The molecule has 0 aliphatic carbocycles. The van der Waals surface area contributed by atoms with Crippen molar-refractivity contribution >= 4 is 0 Å². The Hall–Kier alpha value is -0.120. The molecule has 3 heteroatoms. The molecule has 0 amide bonds. The first kappa shape index (κ1) is 14.8. The molecule has 3 fully saturated rings. The van der Waals surface area contributed by atoms with Crippen molar-refractivity contribution in [3.05, 3.63) is 0 Å². The smallest absolute Gasteiger partial charge is 0.0120 e. The van der Waals surface area contributed by atoms with E-state index in [2.05, 4.69) is 15.1 Å². The highest BCUT2D eigenvalue weighted by molar-refractivity contribution is 4.82. The van der Waals surface area contributed by atoms with Crippen LogP contribution >= 0.6 is 0 Å². The molecule has 0 saturated carbocycles. The van der Waals surface area contributed by atoms with Gasteiger partial charge in [-0.1, -0.05) is 6.42 Å². The molecule has 3 aliphatic heterocycles. The fourth-order valence-electron chi connectivity index (χ4n) is 4.33. The Kier molecular flexibility index (Phi) is 5.75. The Bertz CT molecular complexity index is 261. The molecule has 3 saturated heterocycles. The van der Waals surface area contributed by atoms with Crippen molar-refractivity contribution in [1.29, 1.82) is 0 Å². The average Bonchev–Trinajstić information content (AvgIpc) is 2.55. The van der Waals surface area contributed by atoms with Crippen molar-refractivity contribution in [3.63, 3.8) is 0 Å². The second-order valence-corrected chi connectivity index (χ2v) is 7.15. The third-order valence-corrected chi connectivity index (χ3v) is 5.78. The summed E-state index contributed by atoms with van der Waals surface area (Å²) in [5, 5.41) is 3.48. The summed E-state index contributed by atoms with van der Waals surface area (Å²) < 4.78 is 0. The summed E-state index contributed by atoms with van der Waals surface area (Å²) in [5.41, 5.74) is 0. The predicted molar refractivity (Wildman–Crippen MR) is 85.1 cm³/mol. The van der Waals surface area contributed by atoms with Gasteiger partial charge >= 0.3 is 0 Å². The number of hydrogen-bond donors (Lipinski definition) is 1. The molecule has 3 nitrogen and oxygen atoms in total. The molecule has 20 heavy (non-hydrogen) atoms. The largest absolute Gasteiger partial charge is 0.317 e. The number of rotatable bonds is 4. The molecule has 0 atom stereocenters. The first-order valence-corrected chi connectivity index (χ1v) is 9.09. The zero-order valence-electron chi connectivity index (χ0n) is 13.2. The number of hydrogen-bond acceptors (Lipinski definition) is 3. The van der Waals surface area contributed by atoms with Crippen LogP contribution in [0.15, 0.2) is 0 Å². The van der Waals surface area contributed by atoms with Crippen molar-refractivity contribution in [2.45, 2.75) is 57.4 Å². The molecule has 3 rings (SSSR count). The van der Waals surface area contributed by atoms with E-state index in [1.165, 1.54) is 97.2 Å². The Balaban J connectivity index is 1.33. The normalized spacial score (nSPS) is 28.8. The molecular weight excluding hydrogens is 246 g/mol. The minimum absolute atomic E-state index is 0.908. The lowest BCUT2D eigenvalue weighted by Gasteiger charge is -2.40. The molecule has 0 radical (unpaired) electrons. The van der Waals surface area contributed by atoms with E-state index in [0.717, 1.165) is 12.0 Å². The van der Waals surface area contributed by atoms with Crippen molar-refractivity contribution in [3.8, 4) is 0 Å². The summed E-state index contributed by atoms with van der Waals surface area (Å²) >= 11 is 0. The van der Waals surface area contributed by atoms with E-state index in [9.17, 15) is 0 Å². The summed E-state index contributed by atoms with van der Waals surface area (Å²) in [5.74, 6) is 0.996. The van der Waals surface area contributed by atoms with Gasteiger partial charge in [0.2, 0.25) is 0 Å². The van der Waals surface area contributed by atoms with E-state index in [1.54, 1.807) is 0 Å². The van der Waals surface area contributed by atoms with Crippen LogP contribution in [0.2, 0.25) is 0 Å². The summed E-state index contributed by atoms with van der Waals surface area (Å²) in [4.78, 5) is 5.52. The lowest BCUT2D eigenvalue weighted by Crippen LogP contribution is -2.47. The Labute approximate surface area is 125 Å². The summed E-state index contributed by atoms with van der Waals surface area (Å²) in [6, 6.07) is 0.908. The molecule has 116 valence electrons. The molecule has 0 unspecified atom stereocenters. The number of likely N-dealkylation sites (tertiary alicyclic amines) is 2. The predicted octanol–water partition coefficient (Wildman–Crippen LogP) is 2.33. The van der Waals surface area contributed by atoms with Gasteiger partial charge in [-0.2, -0.15) is 0 Å². The molecule has 0 aromatic carbocycles. The lowest BCUT2D eigenvalue weighted by atomic mass is 9.93. The second kappa shape index (κ2) is 7.77. The minimum atomic E-state index is 0.908. The van der Waals surface area contributed by atoms with Gasteiger partial charge in [-0.3, -0.25) is 0 Å². The van der Waals surface area contributed by atoms with Crippen LogP contribution in [-0.4, -0.2) is 61.7 Å². The van der Waals surface area contributed by atoms with Crippen LogP contribution in [0.5, 0.6) is 0 Å². The second-order valence-electron chi connectivity index (χ2n) is 7.15. The van der Waals surface area contributed by atoms with E-state index in [4.69, 9.17) is 0 Å². The third-order valence-electron chi connectivity index (χ3n) is 5.78. The highest BCUT2D eigenvalue weighted by Crippen LogP contribution is 2.22. The molecule has 1 N–H and O–H groups in total. The van der Waals surface area contributed by atoms with Crippen LogP contribution in [0.1, 0.15) is 51.4 Å². The van der Waals surface area contributed by atoms with Gasteiger partial charge in [-0.05, 0) is 96.7 Å². The first-order valence-electron chi connectivity index (χ1n) is 9.09. The van der Waals surface area contributed by atoms with Crippen molar-refractivity contribution in [1.82, 2.24) is 15.1 Å². The van der Waals surface area contributed by atoms with Crippen molar-refractivity contribution in [2.24, 2.45) is 5.92 Å². The van der Waals surface area contributed by atoms with Gasteiger partial charge in [0.25, 0.3) is 0 Å². The SMILES string of the molecule is C1CCN(C2CCN(CCC3CCNCC3)CC2)CC1. The summed E-state index contributed by atoms with van der Waals surface area (Å²) in [7, 11) is 0. The van der Waals surface area contributed by atoms with Crippen LogP contribution in [0.4, 0.5) is 0 Å². The van der Waals surface area contributed by atoms with E-state index in [-0.39, 0.29) is 0 Å². The van der Waals surface area contributed by atoms with Gasteiger partial charge in [0.15, 0.2) is 0 Å². The van der Waals surface area contributed by atoms with E-state index in [0.29, 0.717) is 0 Å². The van der Waals surface area contributed by atoms with Gasteiger partial charge in [0.1, 0.15) is 0 Å². The Morgan fingerprint density at radius 1 is 0.800 bits per heavy atom. The zero-order valence-corrected chi connectivity index (χ0v) is 13.2. The number of nitrogens with one attached hydrogen (secondary N) is 1. The average molecular weight is 279 g/mol. The van der Waals surface area contributed by atoms with Gasteiger partial charge in [-0.15, -0.1) is 0 Å². The monoisotopic (exact) mass is 279 g/mol. The summed E-state index contributed by atoms with van der Waals surface area (Å²) in [6.45, 7) is 9.32. The van der Waals surface area contributed by atoms with Crippen LogP contribution < -0.4 is 5.32 Å². The Morgan fingerprint density at radius 2 is 1.50 bits per heavy atom. The van der Waals surface area contributed by atoms with Gasteiger partial charge in [0.05, 0.1) is 0 Å². The van der Waals surface area contributed by atoms with E-state index >= 15 is 0 Å². The minimum Gasteiger partial charge on any atom is -0.317 e. The van der Waals surface area contributed by atoms with E-state index in [1.807, 2.05) is 0 Å². The van der Waals surface area contributed by atoms with E-state index < -0.39 is 0 Å². The fraction of sp³-hybridized carbons (Fsp3) is 1.00. The van der Waals surface area contributed by atoms with Gasteiger partial charge in [-0.25, -0.2) is 0 Å². The summed E-state index contributed by atoms with van der Waals surface area (Å²) in [6.07, 6.45) is 11.4. The number of nitrogens with zero attached hydrogens (tertiary/aromatic N) is 2. The van der Waals surface area contributed by atoms with Gasteiger partial charge in [0, 0.05) is 6.04 Å². The molecule has 0 aromatic heterocycles. The molecular formula is C17H33N3. The molecule has 3 heterocycles. The van der Waals surface area contributed by atoms with Crippen LogP contribution in [-0.2, 0) is 0 Å². The maximum atomic E-state index is 3.48. The first-order chi connectivity index (χ1) is 9.92. The zero-order chi connectivity index (χ0) is 13.6.